The molecule has 1 saturated carbocycles. The second-order valence-electron chi connectivity index (χ2n) is 8.69. The highest BCUT2D eigenvalue weighted by molar-refractivity contribution is 5.94. The normalized spacial score (nSPS) is 29.1. The maximum Gasteiger partial charge on any atom is 0.251 e. The minimum atomic E-state index is -0.216. The van der Waals surface area contributed by atoms with Gasteiger partial charge in [0.1, 0.15) is 24.0 Å². The second-order valence-corrected chi connectivity index (χ2v) is 8.69. The van der Waals surface area contributed by atoms with Gasteiger partial charge in [0, 0.05) is 11.8 Å². The molecule has 1 aliphatic carbocycles. The van der Waals surface area contributed by atoms with E-state index in [0.717, 1.165) is 18.0 Å². The van der Waals surface area contributed by atoms with Crippen LogP contribution in [-0.4, -0.2) is 57.5 Å². The Balaban J connectivity index is 1.20. The van der Waals surface area contributed by atoms with Crippen LogP contribution in [0.25, 0.3) is 0 Å². The van der Waals surface area contributed by atoms with Crippen molar-refractivity contribution in [2.45, 2.75) is 62.8 Å². The van der Waals surface area contributed by atoms with Crippen LogP contribution >= 0.6 is 0 Å². The Kier molecular flexibility index (Phi) is 5.43. The molecule has 8 heteroatoms. The lowest BCUT2D eigenvalue weighted by Gasteiger charge is -2.20. The molecule has 30 heavy (non-hydrogen) atoms. The van der Waals surface area contributed by atoms with Crippen LogP contribution in [0.1, 0.15) is 54.2 Å². The van der Waals surface area contributed by atoms with Gasteiger partial charge < -0.3 is 19.9 Å². The standard InChI is InChI=1S/C22H28N4O4/c27-17-8-6-15(7-9-17)22(28)23-18-12-29-21-19(13-30-20(18)21)26-11-16(24-25-26)10-14-4-2-1-3-5-14/h6-9,11,14,18-21,27H,1-5,10,12-13H2,(H,23,28)/t18-,19-,20+,21+/m0/s1. The number of amides is 1. The molecule has 1 aromatic carbocycles. The molecule has 1 aromatic heterocycles. The summed E-state index contributed by atoms with van der Waals surface area (Å²) in [6.45, 7) is 0.895. The highest BCUT2D eigenvalue weighted by Gasteiger charge is 2.49. The first-order valence-corrected chi connectivity index (χ1v) is 10.9. The zero-order chi connectivity index (χ0) is 20.5. The Morgan fingerprint density at radius 3 is 2.67 bits per heavy atom. The van der Waals surface area contributed by atoms with Gasteiger partial charge in [0.2, 0.25) is 0 Å². The van der Waals surface area contributed by atoms with Crippen LogP contribution in [-0.2, 0) is 15.9 Å². The number of ether oxygens (including phenoxy) is 2. The minimum Gasteiger partial charge on any atom is -0.508 e. The summed E-state index contributed by atoms with van der Waals surface area (Å²) in [7, 11) is 0. The molecule has 3 aliphatic rings. The van der Waals surface area contributed by atoms with Crippen molar-refractivity contribution in [1.29, 1.82) is 0 Å². The summed E-state index contributed by atoms with van der Waals surface area (Å²) in [6.07, 6.45) is 9.25. The van der Waals surface area contributed by atoms with Gasteiger partial charge in [0.15, 0.2) is 0 Å². The Labute approximate surface area is 175 Å². The number of nitrogens with zero attached hydrogens (tertiary/aromatic N) is 3. The quantitative estimate of drug-likeness (QED) is 0.782. The molecule has 0 radical (unpaired) electrons. The van der Waals surface area contributed by atoms with E-state index in [1.54, 1.807) is 12.1 Å². The average Bonchev–Trinajstić information content (AvgIpc) is 3.47. The molecule has 0 unspecified atom stereocenters. The summed E-state index contributed by atoms with van der Waals surface area (Å²) in [5.41, 5.74) is 1.54. The van der Waals surface area contributed by atoms with Crippen molar-refractivity contribution >= 4 is 5.91 Å². The van der Waals surface area contributed by atoms with Gasteiger partial charge in [-0.2, -0.15) is 0 Å². The van der Waals surface area contributed by atoms with Crippen molar-refractivity contribution in [1.82, 2.24) is 20.3 Å². The summed E-state index contributed by atoms with van der Waals surface area (Å²) in [6, 6.07) is 5.95. The first-order chi connectivity index (χ1) is 14.7. The van der Waals surface area contributed by atoms with E-state index in [1.807, 2.05) is 10.9 Å². The van der Waals surface area contributed by atoms with E-state index in [9.17, 15) is 9.90 Å². The molecule has 4 atom stereocenters. The van der Waals surface area contributed by atoms with Crippen molar-refractivity contribution < 1.29 is 19.4 Å². The lowest BCUT2D eigenvalue weighted by molar-refractivity contribution is 0.0613. The fourth-order valence-electron chi connectivity index (χ4n) is 4.95. The number of aromatic nitrogens is 3. The Morgan fingerprint density at radius 2 is 1.87 bits per heavy atom. The first kappa shape index (κ1) is 19.5. The second kappa shape index (κ2) is 8.35. The molecule has 0 bridgehead atoms. The molecule has 2 aromatic rings. The van der Waals surface area contributed by atoms with Crippen molar-refractivity contribution in [2.75, 3.05) is 13.2 Å². The van der Waals surface area contributed by atoms with Crippen LogP contribution < -0.4 is 5.32 Å². The van der Waals surface area contributed by atoms with E-state index >= 15 is 0 Å². The number of carbonyl (C=O) groups excluding carboxylic acids is 1. The van der Waals surface area contributed by atoms with Gasteiger partial charge >= 0.3 is 0 Å². The summed E-state index contributed by atoms with van der Waals surface area (Å²) in [5.74, 6) is 0.652. The van der Waals surface area contributed by atoms with Crippen molar-refractivity contribution in [3.8, 4) is 5.75 Å². The van der Waals surface area contributed by atoms with Gasteiger partial charge in [-0.3, -0.25) is 4.79 Å². The fraction of sp³-hybridized carbons (Fsp3) is 0.591. The number of aromatic hydroxyl groups is 1. The number of phenols is 1. The molecule has 2 N–H and O–H groups in total. The molecule has 1 amide bonds. The molecule has 5 rings (SSSR count). The van der Waals surface area contributed by atoms with E-state index < -0.39 is 0 Å². The number of hydrogen-bond acceptors (Lipinski definition) is 6. The van der Waals surface area contributed by atoms with Gasteiger partial charge in [-0.05, 0) is 36.6 Å². The average molecular weight is 412 g/mol. The van der Waals surface area contributed by atoms with Gasteiger partial charge in [0.25, 0.3) is 5.91 Å². The lowest BCUT2D eigenvalue weighted by atomic mass is 9.86. The number of rotatable bonds is 5. The number of hydrogen-bond donors (Lipinski definition) is 2. The number of phenolic OH excluding ortho intramolecular Hbond substituents is 1. The fourth-order valence-corrected chi connectivity index (χ4v) is 4.95. The molecule has 3 heterocycles. The maximum atomic E-state index is 12.5. The van der Waals surface area contributed by atoms with E-state index in [4.69, 9.17) is 9.47 Å². The third kappa shape index (κ3) is 3.94. The van der Waals surface area contributed by atoms with Crippen LogP contribution in [0, 0.1) is 5.92 Å². The molecular formula is C22H28N4O4. The van der Waals surface area contributed by atoms with Gasteiger partial charge in [-0.1, -0.05) is 37.3 Å². The monoisotopic (exact) mass is 412 g/mol. The van der Waals surface area contributed by atoms with Gasteiger partial charge in [0.05, 0.1) is 24.9 Å². The van der Waals surface area contributed by atoms with Crippen molar-refractivity contribution in [2.24, 2.45) is 5.92 Å². The number of fused-ring (bicyclic) bond motifs is 1. The van der Waals surface area contributed by atoms with Crippen LogP contribution in [0.2, 0.25) is 0 Å². The molecule has 0 spiro atoms. The van der Waals surface area contributed by atoms with E-state index in [-0.39, 0.29) is 35.9 Å². The summed E-state index contributed by atoms with van der Waals surface area (Å²) in [4.78, 5) is 12.5. The van der Waals surface area contributed by atoms with Crippen molar-refractivity contribution in [3.63, 3.8) is 0 Å². The van der Waals surface area contributed by atoms with Gasteiger partial charge in [-0.25, -0.2) is 4.68 Å². The van der Waals surface area contributed by atoms with Crippen LogP contribution in [0.3, 0.4) is 0 Å². The van der Waals surface area contributed by atoms with E-state index in [2.05, 4.69) is 15.6 Å². The zero-order valence-electron chi connectivity index (χ0n) is 16.9. The predicted octanol–water partition coefficient (Wildman–Crippen LogP) is 2.24. The van der Waals surface area contributed by atoms with Crippen LogP contribution in [0.5, 0.6) is 5.75 Å². The van der Waals surface area contributed by atoms with E-state index in [1.165, 1.54) is 44.2 Å². The largest absolute Gasteiger partial charge is 0.508 e. The van der Waals surface area contributed by atoms with Crippen LogP contribution in [0.4, 0.5) is 0 Å². The summed E-state index contributed by atoms with van der Waals surface area (Å²) < 4.78 is 13.9. The Morgan fingerprint density at radius 1 is 1.10 bits per heavy atom. The summed E-state index contributed by atoms with van der Waals surface area (Å²) >= 11 is 0. The predicted molar refractivity (Wildman–Crippen MR) is 108 cm³/mol. The molecule has 3 fully saturated rings. The Bertz CT molecular complexity index is 878. The first-order valence-electron chi connectivity index (χ1n) is 10.9. The number of carbonyl (C=O) groups is 1. The smallest absolute Gasteiger partial charge is 0.251 e. The molecule has 2 aliphatic heterocycles. The number of benzene rings is 1. The van der Waals surface area contributed by atoms with E-state index in [0.29, 0.717) is 18.8 Å². The highest BCUT2D eigenvalue weighted by atomic mass is 16.6. The zero-order valence-corrected chi connectivity index (χ0v) is 16.9. The van der Waals surface area contributed by atoms with Crippen molar-refractivity contribution in [3.05, 3.63) is 41.7 Å². The topological polar surface area (TPSA) is 98.5 Å². The highest BCUT2D eigenvalue weighted by Crippen LogP contribution is 2.34. The third-order valence-corrected chi connectivity index (χ3v) is 6.59. The molecule has 160 valence electrons. The maximum absolute atomic E-state index is 12.5. The van der Waals surface area contributed by atoms with Gasteiger partial charge in [-0.15, -0.1) is 5.10 Å². The lowest BCUT2D eigenvalue weighted by Crippen LogP contribution is -2.44. The third-order valence-electron chi connectivity index (χ3n) is 6.59. The number of nitrogens with one attached hydrogen (secondary N) is 1. The SMILES string of the molecule is O=C(N[C@H]1CO[C@H]2[C@@H]1OC[C@@H]2n1cc(CC2CCCCC2)nn1)c1ccc(O)cc1. The summed E-state index contributed by atoms with van der Waals surface area (Å²) in [5, 5.41) is 21.1. The minimum absolute atomic E-state index is 0.0295. The van der Waals surface area contributed by atoms with Crippen LogP contribution in [0.15, 0.2) is 30.5 Å². The molecule has 8 nitrogen and oxygen atoms in total. The molecular weight excluding hydrogens is 384 g/mol. The molecule has 2 saturated heterocycles. The Hall–Kier alpha value is -2.45.